The third-order valence-corrected chi connectivity index (χ3v) is 7.17. The van der Waals surface area contributed by atoms with Crippen molar-refractivity contribution in [3.63, 3.8) is 0 Å². The third-order valence-electron chi connectivity index (χ3n) is 7.17. The molecule has 4 aromatic rings. The van der Waals surface area contributed by atoms with E-state index in [2.05, 4.69) is 43.1 Å². The van der Waals surface area contributed by atoms with Crippen LogP contribution in [0.25, 0.3) is 0 Å². The number of ether oxygens (including phenoxy) is 2. The highest BCUT2D eigenvalue weighted by Crippen LogP contribution is 2.15. The van der Waals surface area contributed by atoms with Crippen LogP contribution in [-0.2, 0) is 16.0 Å². The van der Waals surface area contributed by atoms with E-state index < -0.39 is 0 Å². The number of carbonyl (C=O) groups excluding carboxylic acids is 2. The average Bonchev–Trinajstić information content (AvgIpc) is 3.13. The van der Waals surface area contributed by atoms with Crippen molar-refractivity contribution in [3.8, 4) is 5.75 Å². The standard InChI is InChI=1S/C39H45N7O5/c1-28-8-7-9-31(26-28)27-42-38(49)33-12-14-34(15-13-33)43-30(3)45-39(46-35-16-18-36(47)19-17-35)44-29(2)40-20-22-50-24-25-51-23-21-41-37(48)32-10-5-4-6-11-32/h4-19,26,43,47H,3,20-25,27H2,1-2H3,(H,41,48)(H,42,49)(H2,40,44,45,46). The molecule has 0 unspecified atom stereocenters. The number of amides is 2. The van der Waals surface area contributed by atoms with E-state index in [0.29, 0.717) is 80.5 Å². The van der Waals surface area contributed by atoms with Gasteiger partial charge in [-0.05, 0) is 80.1 Å². The Labute approximate surface area is 298 Å². The normalized spacial score (nSPS) is 11.4. The number of anilines is 2. The van der Waals surface area contributed by atoms with Crippen LogP contribution in [-0.4, -0.2) is 68.2 Å². The summed E-state index contributed by atoms with van der Waals surface area (Å²) in [5.74, 6) is 1.11. The Morgan fingerprint density at radius 3 is 2.12 bits per heavy atom. The Balaban J connectivity index is 1.21. The summed E-state index contributed by atoms with van der Waals surface area (Å²) in [5.41, 5.74) is 4.73. The van der Waals surface area contributed by atoms with Crippen LogP contribution in [0.1, 0.15) is 38.8 Å². The maximum Gasteiger partial charge on any atom is 0.251 e. The minimum atomic E-state index is -0.164. The molecule has 0 aromatic heterocycles. The number of hydrogen-bond donors (Lipinski definition) is 6. The van der Waals surface area contributed by atoms with Crippen molar-refractivity contribution < 1.29 is 24.2 Å². The minimum Gasteiger partial charge on any atom is -0.508 e. The van der Waals surface area contributed by atoms with Gasteiger partial charge in [-0.2, -0.15) is 0 Å². The molecule has 0 spiro atoms. The molecule has 0 fully saturated rings. The molecule has 0 saturated carbocycles. The number of nitrogens with zero attached hydrogens (tertiary/aromatic N) is 2. The number of hydrogen-bond acceptors (Lipinski definition) is 7. The Kier molecular flexibility index (Phi) is 15.2. The zero-order valence-electron chi connectivity index (χ0n) is 28.9. The molecule has 51 heavy (non-hydrogen) atoms. The molecule has 266 valence electrons. The topological polar surface area (TPSA) is 158 Å². The molecule has 0 aliphatic rings. The number of guanidine groups is 1. The molecule has 0 saturated heterocycles. The summed E-state index contributed by atoms with van der Waals surface area (Å²) in [4.78, 5) is 33.8. The molecule has 12 heteroatoms. The van der Waals surface area contributed by atoms with Crippen molar-refractivity contribution in [2.45, 2.75) is 20.4 Å². The van der Waals surface area contributed by atoms with E-state index in [9.17, 15) is 14.7 Å². The van der Waals surface area contributed by atoms with Gasteiger partial charge in [0.05, 0.1) is 33.0 Å². The second kappa shape index (κ2) is 20.5. The van der Waals surface area contributed by atoms with E-state index in [-0.39, 0.29) is 17.6 Å². The second-order valence-corrected chi connectivity index (χ2v) is 11.4. The summed E-state index contributed by atoms with van der Waals surface area (Å²) >= 11 is 0. The summed E-state index contributed by atoms with van der Waals surface area (Å²) in [6.07, 6.45) is 0. The second-order valence-electron chi connectivity index (χ2n) is 11.4. The highest BCUT2D eigenvalue weighted by Gasteiger charge is 2.08. The summed E-state index contributed by atoms with van der Waals surface area (Å²) in [7, 11) is 0. The Morgan fingerprint density at radius 1 is 0.745 bits per heavy atom. The van der Waals surface area contributed by atoms with Crippen LogP contribution in [0.15, 0.2) is 126 Å². The van der Waals surface area contributed by atoms with Crippen LogP contribution in [0.5, 0.6) is 5.75 Å². The first kappa shape index (κ1) is 37.8. The fourth-order valence-electron chi connectivity index (χ4n) is 4.65. The van der Waals surface area contributed by atoms with Gasteiger partial charge in [0.2, 0.25) is 5.96 Å². The Morgan fingerprint density at radius 2 is 1.39 bits per heavy atom. The molecule has 4 aromatic carbocycles. The first-order valence-corrected chi connectivity index (χ1v) is 16.6. The smallest absolute Gasteiger partial charge is 0.251 e. The molecular formula is C39H45N7O5. The lowest BCUT2D eigenvalue weighted by atomic mass is 10.1. The van der Waals surface area contributed by atoms with Gasteiger partial charge in [-0.1, -0.05) is 54.6 Å². The van der Waals surface area contributed by atoms with Gasteiger partial charge < -0.3 is 41.2 Å². The molecule has 0 atom stereocenters. The number of carbonyl (C=O) groups is 2. The molecule has 0 aliphatic heterocycles. The van der Waals surface area contributed by atoms with Gasteiger partial charge in [0, 0.05) is 35.6 Å². The molecule has 0 aliphatic carbocycles. The quantitative estimate of drug-likeness (QED) is 0.0369. The molecular weight excluding hydrogens is 646 g/mol. The highest BCUT2D eigenvalue weighted by atomic mass is 16.5. The zero-order chi connectivity index (χ0) is 36.3. The number of aryl methyl sites for hydroxylation is 1. The lowest BCUT2D eigenvalue weighted by Gasteiger charge is -2.16. The molecule has 0 radical (unpaired) electrons. The summed E-state index contributed by atoms with van der Waals surface area (Å²) in [6, 6.07) is 30.7. The van der Waals surface area contributed by atoms with E-state index in [0.717, 1.165) is 16.8 Å². The van der Waals surface area contributed by atoms with Gasteiger partial charge in [0.25, 0.3) is 11.8 Å². The van der Waals surface area contributed by atoms with Crippen LogP contribution >= 0.6 is 0 Å². The van der Waals surface area contributed by atoms with E-state index in [1.54, 1.807) is 67.6 Å². The molecule has 12 nitrogen and oxygen atoms in total. The van der Waals surface area contributed by atoms with Crippen molar-refractivity contribution in [3.05, 3.63) is 138 Å². The Bertz CT molecular complexity index is 1780. The predicted molar refractivity (Wildman–Crippen MR) is 202 cm³/mol. The van der Waals surface area contributed by atoms with Gasteiger partial charge in [-0.3, -0.25) is 14.6 Å². The van der Waals surface area contributed by atoms with E-state index in [1.165, 1.54) is 0 Å². The van der Waals surface area contributed by atoms with E-state index in [4.69, 9.17) is 9.47 Å². The molecule has 0 heterocycles. The number of phenols is 1. The van der Waals surface area contributed by atoms with Crippen molar-refractivity contribution in [2.75, 3.05) is 50.2 Å². The third kappa shape index (κ3) is 14.2. The summed E-state index contributed by atoms with van der Waals surface area (Å²) in [6.45, 7) is 10.7. The number of rotatable bonds is 17. The van der Waals surface area contributed by atoms with Gasteiger partial charge in [-0.25, -0.2) is 4.99 Å². The van der Waals surface area contributed by atoms with Crippen LogP contribution in [0.4, 0.5) is 11.4 Å². The number of amidine groups is 1. The first-order chi connectivity index (χ1) is 24.7. The lowest BCUT2D eigenvalue weighted by Crippen LogP contribution is -2.33. The summed E-state index contributed by atoms with van der Waals surface area (Å²) < 4.78 is 11.1. The average molecular weight is 692 g/mol. The van der Waals surface area contributed by atoms with Crippen molar-refractivity contribution in [1.29, 1.82) is 0 Å². The molecule has 4 rings (SSSR count). The SMILES string of the molecule is C=C(NC(=NC(C)=NCCOCCOCCNC(=O)c1ccccc1)Nc1ccc(O)cc1)Nc1ccc(C(=O)NCc2cccc(C)c2)cc1. The van der Waals surface area contributed by atoms with Crippen molar-refractivity contribution in [2.24, 2.45) is 9.98 Å². The fourth-order valence-corrected chi connectivity index (χ4v) is 4.65. The van der Waals surface area contributed by atoms with Crippen LogP contribution < -0.4 is 26.6 Å². The van der Waals surface area contributed by atoms with Crippen LogP contribution in [0, 0.1) is 6.92 Å². The van der Waals surface area contributed by atoms with Gasteiger partial charge in [0.1, 0.15) is 17.4 Å². The summed E-state index contributed by atoms with van der Waals surface area (Å²) in [5, 5.41) is 24.9. The fraction of sp³-hybridized carbons (Fsp3) is 0.231. The minimum absolute atomic E-state index is 0.134. The van der Waals surface area contributed by atoms with Crippen molar-refractivity contribution >= 4 is 35.0 Å². The van der Waals surface area contributed by atoms with Crippen LogP contribution in [0.3, 0.4) is 0 Å². The number of aromatic hydroxyl groups is 1. The van der Waals surface area contributed by atoms with E-state index >= 15 is 0 Å². The zero-order valence-corrected chi connectivity index (χ0v) is 28.9. The monoisotopic (exact) mass is 691 g/mol. The number of nitrogens with one attached hydrogen (secondary N) is 5. The highest BCUT2D eigenvalue weighted by molar-refractivity contribution is 6.02. The maximum absolute atomic E-state index is 12.7. The Hall–Kier alpha value is -5.98. The maximum atomic E-state index is 12.7. The van der Waals surface area contributed by atoms with Gasteiger partial charge in [-0.15, -0.1) is 0 Å². The van der Waals surface area contributed by atoms with Gasteiger partial charge >= 0.3 is 0 Å². The predicted octanol–water partition coefficient (Wildman–Crippen LogP) is 5.45. The van der Waals surface area contributed by atoms with Gasteiger partial charge in [0.15, 0.2) is 0 Å². The molecule has 0 bridgehead atoms. The van der Waals surface area contributed by atoms with Crippen LogP contribution in [0.2, 0.25) is 0 Å². The van der Waals surface area contributed by atoms with Crippen molar-refractivity contribution in [1.82, 2.24) is 16.0 Å². The van der Waals surface area contributed by atoms with E-state index in [1.807, 2.05) is 49.4 Å². The first-order valence-electron chi connectivity index (χ1n) is 16.6. The molecule has 2 amide bonds. The largest absolute Gasteiger partial charge is 0.508 e. The number of benzene rings is 4. The lowest BCUT2D eigenvalue weighted by molar-refractivity contribution is 0.0512. The molecule has 6 N–H and O–H groups in total. The number of aliphatic imine (C=N–C) groups is 2. The number of phenolic OH excluding ortho intramolecular Hbond substituents is 1.